The molecule has 0 bridgehead atoms. The van der Waals surface area contributed by atoms with Crippen LogP contribution in [0.15, 0.2) is 0 Å². The summed E-state index contributed by atoms with van der Waals surface area (Å²) in [4.78, 5) is 14.1. The monoisotopic (exact) mass is 333 g/mol. The van der Waals surface area contributed by atoms with Gasteiger partial charge in [0.05, 0.1) is 24.8 Å². The Labute approximate surface area is 133 Å². The van der Waals surface area contributed by atoms with Crippen molar-refractivity contribution in [1.82, 2.24) is 14.7 Å². The standard InChI is InChI=1S/C15H22F3N3O2/c1-10-14(11(2)20(3)19-10)12-5-4-7-21(12)13(22)6-8-23-9-15(16,17)18/h12H,4-9H2,1-3H3/t12-/m1/s1. The molecule has 1 fully saturated rings. The van der Waals surface area contributed by atoms with Crippen molar-refractivity contribution in [2.24, 2.45) is 7.05 Å². The molecule has 2 rings (SSSR count). The van der Waals surface area contributed by atoms with Crippen molar-refractivity contribution >= 4 is 5.91 Å². The van der Waals surface area contributed by atoms with Crippen molar-refractivity contribution in [1.29, 1.82) is 0 Å². The maximum Gasteiger partial charge on any atom is 0.411 e. The summed E-state index contributed by atoms with van der Waals surface area (Å²) in [6, 6.07) is -0.0428. The minimum absolute atomic E-state index is 0.0368. The smallest absolute Gasteiger partial charge is 0.372 e. The highest BCUT2D eigenvalue weighted by molar-refractivity contribution is 5.77. The maximum atomic E-state index is 12.3. The molecule has 0 spiro atoms. The van der Waals surface area contributed by atoms with E-state index in [-0.39, 0.29) is 25.0 Å². The second kappa shape index (κ2) is 6.90. The third kappa shape index (κ3) is 4.25. The van der Waals surface area contributed by atoms with Crippen LogP contribution in [0.4, 0.5) is 13.2 Å². The van der Waals surface area contributed by atoms with Crippen LogP contribution in [0.25, 0.3) is 0 Å². The zero-order chi connectivity index (χ0) is 17.2. The molecule has 1 saturated heterocycles. The molecule has 0 aromatic carbocycles. The summed E-state index contributed by atoms with van der Waals surface area (Å²) >= 11 is 0. The number of alkyl halides is 3. The number of aromatic nitrogens is 2. The van der Waals surface area contributed by atoms with Crippen molar-refractivity contribution in [3.05, 3.63) is 17.0 Å². The fourth-order valence-electron chi connectivity index (χ4n) is 3.13. The van der Waals surface area contributed by atoms with Gasteiger partial charge in [-0.1, -0.05) is 0 Å². The second-order valence-corrected chi connectivity index (χ2v) is 5.87. The SMILES string of the molecule is Cc1nn(C)c(C)c1[C@H]1CCCN1C(=O)CCOCC(F)(F)F. The number of nitrogens with zero attached hydrogens (tertiary/aromatic N) is 3. The van der Waals surface area contributed by atoms with Crippen LogP contribution in [0, 0.1) is 13.8 Å². The first-order valence-corrected chi connectivity index (χ1v) is 7.64. The van der Waals surface area contributed by atoms with Crippen LogP contribution in [-0.2, 0) is 16.6 Å². The number of carbonyl (C=O) groups excluding carboxylic acids is 1. The first-order valence-electron chi connectivity index (χ1n) is 7.64. The van der Waals surface area contributed by atoms with Crippen LogP contribution in [-0.4, -0.2) is 46.5 Å². The Morgan fingerprint density at radius 1 is 1.39 bits per heavy atom. The van der Waals surface area contributed by atoms with Gasteiger partial charge in [0.15, 0.2) is 0 Å². The molecule has 1 atom stereocenters. The maximum absolute atomic E-state index is 12.3. The van der Waals surface area contributed by atoms with E-state index in [9.17, 15) is 18.0 Å². The molecule has 1 aromatic heterocycles. The number of likely N-dealkylation sites (tertiary alicyclic amines) is 1. The highest BCUT2D eigenvalue weighted by Gasteiger charge is 2.33. The van der Waals surface area contributed by atoms with Gasteiger partial charge in [-0.3, -0.25) is 9.48 Å². The minimum atomic E-state index is -4.36. The van der Waals surface area contributed by atoms with Crippen molar-refractivity contribution in [2.45, 2.75) is 45.3 Å². The van der Waals surface area contributed by atoms with Gasteiger partial charge in [0.2, 0.25) is 5.91 Å². The number of halogens is 3. The molecular weight excluding hydrogens is 311 g/mol. The summed E-state index contributed by atoms with van der Waals surface area (Å²) in [6.07, 6.45) is -2.66. The zero-order valence-corrected chi connectivity index (χ0v) is 13.6. The Morgan fingerprint density at radius 3 is 2.65 bits per heavy atom. The number of carbonyl (C=O) groups is 1. The Kier molecular flexibility index (Phi) is 5.33. The van der Waals surface area contributed by atoms with E-state index in [2.05, 4.69) is 9.84 Å². The van der Waals surface area contributed by atoms with Gasteiger partial charge < -0.3 is 9.64 Å². The van der Waals surface area contributed by atoms with Crippen LogP contribution in [0.1, 0.15) is 42.3 Å². The molecule has 2 heterocycles. The predicted octanol–water partition coefficient (Wildman–Crippen LogP) is 2.67. The number of ether oxygens (including phenoxy) is 1. The number of hydrogen-bond acceptors (Lipinski definition) is 3. The normalized spacial score (nSPS) is 18.7. The molecule has 0 unspecified atom stereocenters. The van der Waals surface area contributed by atoms with Crippen molar-refractivity contribution in [3.8, 4) is 0 Å². The van der Waals surface area contributed by atoms with Gasteiger partial charge in [-0.05, 0) is 26.7 Å². The Balaban J connectivity index is 1.97. The van der Waals surface area contributed by atoms with E-state index in [1.807, 2.05) is 20.9 Å². The minimum Gasteiger partial charge on any atom is -0.372 e. The van der Waals surface area contributed by atoms with Gasteiger partial charge >= 0.3 is 6.18 Å². The molecule has 130 valence electrons. The lowest BCUT2D eigenvalue weighted by Crippen LogP contribution is -2.32. The fourth-order valence-corrected chi connectivity index (χ4v) is 3.13. The topological polar surface area (TPSA) is 47.4 Å². The van der Waals surface area contributed by atoms with Crippen LogP contribution < -0.4 is 0 Å². The van der Waals surface area contributed by atoms with Crippen molar-refractivity contribution in [3.63, 3.8) is 0 Å². The summed E-state index contributed by atoms with van der Waals surface area (Å²) in [5.41, 5.74) is 2.96. The van der Waals surface area contributed by atoms with Gasteiger partial charge in [-0.2, -0.15) is 18.3 Å². The molecule has 1 amide bonds. The summed E-state index contributed by atoms with van der Waals surface area (Å²) in [6.45, 7) is 2.96. The van der Waals surface area contributed by atoms with Crippen LogP contribution in [0.5, 0.6) is 0 Å². The van der Waals surface area contributed by atoms with Crippen LogP contribution in [0.3, 0.4) is 0 Å². The van der Waals surface area contributed by atoms with Gasteiger partial charge in [0, 0.05) is 24.8 Å². The van der Waals surface area contributed by atoms with Crippen molar-refractivity contribution in [2.75, 3.05) is 19.8 Å². The van der Waals surface area contributed by atoms with E-state index in [1.54, 1.807) is 9.58 Å². The highest BCUT2D eigenvalue weighted by Crippen LogP contribution is 2.35. The molecule has 1 aliphatic rings. The zero-order valence-electron chi connectivity index (χ0n) is 13.6. The number of aryl methyl sites for hydroxylation is 2. The second-order valence-electron chi connectivity index (χ2n) is 5.87. The van der Waals surface area contributed by atoms with Crippen LogP contribution >= 0.6 is 0 Å². The largest absolute Gasteiger partial charge is 0.411 e. The first kappa shape index (κ1) is 17.8. The van der Waals surface area contributed by atoms with E-state index in [0.717, 1.165) is 29.8 Å². The lowest BCUT2D eigenvalue weighted by molar-refractivity contribution is -0.175. The van der Waals surface area contributed by atoms with Gasteiger partial charge in [0.1, 0.15) is 6.61 Å². The van der Waals surface area contributed by atoms with E-state index in [1.165, 1.54) is 0 Å². The molecule has 0 radical (unpaired) electrons. The average Bonchev–Trinajstić information content (AvgIpc) is 2.99. The average molecular weight is 333 g/mol. The number of hydrogen-bond donors (Lipinski definition) is 0. The summed E-state index contributed by atoms with van der Waals surface area (Å²) < 4.78 is 42.4. The molecule has 0 N–H and O–H groups in total. The fraction of sp³-hybridized carbons (Fsp3) is 0.733. The third-order valence-electron chi connectivity index (χ3n) is 4.20. The summed E-state index contributed by atoms with van der Waals surface area (Å²) in [5, 5.41) is 4.38. The molecule has 0 saturated carbocycles. The first-order chi connectivity index (χ1) is 10.7. The van der Waals surface area contributed by atoms with Gasteiger partial charge in [-0.25, -0.2) is 0 Å². The lowest BCUT2D eigenvalue weighted by Gasteiger charge is -2.25. The molecule has 8 heteroatoms. The molecule has 1 aliphatic heterocycles. The highest BCUT2D eigenvalue weighted by atomic mass is 19.4. The quantitative estimate of drug-likeness (QED) is 0.779. The Bertz CT molecular complexity index is 569. The Hall–Kier alpha value is -1.57. The number of rotatable bonds is 5. The summed E-state index contributed by atoms with van der Waals surface area (Å²) in [7, 11) is 1.86. The third-order valence-corrected chi connectivity index (χ3v) is 4.20. The van der Waals surface area contributed by atoms with Gasteiger partial charge in [-0.15, -0.1) is 0 Å². The summed E-state index contributed by atoms with van der Waals surface area (Å²) in [5.74, 6) is -0.169. The predicted molar refractivity (Wildman–Crippen MR) is 77.9 cm³/mol. The molecule has 0 aliphatic carbocycles. The van der Waals surface area contributed by atoms with E-state index in [0.29, 0.717) is 6.54 Å². The molecule has 5 nitrogen and oxygen atoms in total. The molecule has 23 heavy (non-hydrogen) atoms. The van der Waals surface area contributed by atoms with Gasteiger partial charge in [0.25, 0.3) is 0 Å². The molecular formula is C15H22F3N3O2. The molecule has 1 aromatic rings. The van der Waals surface area contributed by atoms with E-state index >= 15 is 0 Å². The van der Waals surface area contributed by atoms with E-state index < -0.39 is 12.8 Å². The van der Waals surface area contributed by atoms with E-state index in [4.69, 9.17) is 0 Å². The lowest BCUT2D eigenvalue weighted by atomic mass is 10.0. The number of amides is 1. The Morgan fingerprint density at radius 2 is 2.09 bits per heavy atom. The van der Waals surface area contributed by atoms with Crippen molar-refractivity contribution < 1.29 is 22.7 Å². The van der Waals surface area contributed by atoms with Crippen LogP contribution in [0.2, 0.25) is 0 Å².